The van der Waals surface area contributed by atoms with Crippen molar-refractivity contribution < 1.29 is 36.6 Å². The molecule has 1 aliphatic heterocycles. The first-order chi connectivity index (χ1) is 13.2. The highest BCUT2D eigenvalue weighted by molar-refractivity contribution is 9.10. The SMILES string of the molecule is O=C(c1ccc(COc2ccc(Br)cc2)o1)N1N=C(C(F)F)C[C@]1(O)C(F)F. The van der Waals surface area contributed by atoms with Gasteiger partial charge in [-0.15, -0.1) is 0 Å². The molecular weight excluding hydrogens is 452 g/mol. The molecule has 0 bridgehead atoms. The predicted molar refractivity (Wildman–Crippen MR) is 92.4 cm³/mol. The van der Waals surface area contributed by atoms with Crippen LogP contribution in [0.2, 0.25) is 0 Å². The smallest absolute Gasteiger partial charge is 0.312 e. The van der Waals surface area contributed by atoms with E-state index in [9.17, 15) is 27.5 Å². The average Bonchev–Trinajstić information content (AvgIpc) is 3.26. The normalized spacial score (nSPS) is 19.4. The molecule has 0 saturated carbocycles. The standard InChI is InChI=1S/C17H13BrF4N2O4/c18-9-1-3-10(4-2-9)27-8-11-5-6-13(28-11)15(25)24-17(26,16(21)22)7-12(23-24)14(19)20/h1-6,14,16,26H,7-8H2/t17-/m0/s1. The molecule has 0 saturated heterocycles. The molecule has 0 unspecified atom stereocenters. The zero-order valence-electron chi connectivity index (χ0n) is 14.0. The second kappa shape index (κ2) is 7.92. The van der Waals surface area contributed by atoms with Crippen molar-refractivity contribution >= 4 is 27.5 Å². The third-order valence-electron chi connectivity index (χ3n) is 3.90. The summed E-state index contributed by atoms with van der Waals surface area (Å²) in [4.78, 5) is 12.4. The number of hydrogen-bond donors (Lipinski definition) is 1. The number of carbonyl (C=O) groups is 1. The Morgan fingerprint density at radius 3 is 2.54 bits per heavy atom. The van der Waals surface area contributed by atoms with E-state index in [1.54, 1.807) is 24.3 Å². The van der Waals surface area contributed by atoms with Crippen LogP contribution in [0.3, 0.4) is 0 Å². The van der Waals surface area contributed by atoms with E-state index >= 15 is 0 Å². The highest BCUT2D eigenvalue weighted by Crippen LogP contribution is 2.34. The van der Waals surface area contributed by atoms with Gasteiger partial charge in [-0.25, -0.2) is 17.6 Å². The van der Waals surface area contributed by atoms with Crippen molar-refractivity contribution in [3.8, 4) is 5.75 Å². The number of alkyl halides is 4. The number of ether oxygens (including phenoxy) is 1. The predicted octanol–water partition coefficient (Wildman–Crippen LogP) is 4.04. The molecule has 1 aromatic heterocycles. The maximum Gasteiger partial charge on any atom is 0.312 e. The van der Waals surface area contributed by atoms with E-state index in [0.717, 1.165) is 10.5 Å². The van der Waals surface area contributed by atoms with Crippen LogP contribution < -0.4 is 4.74 Å². The number of hydrazone groups is 1. The second-order valence-electron chi connectivity index (χ2n) is 5.87. The molecule has 2 aromatic rings. The van der Waals surface area contributed by atoms with Crippen molar-refractivity contribution in [3.05, 3.63) is 52.4 Å². The van der Waals surface area contributed by atoms with Crippen molar-refractivity contribution in [2.24, 2.45) is 5.10 Å². The van der Waals surface area contributed by atoms with Gasteiger partial charge in [0.1, 0.15) is 23.8 Å². The van der Waals surface area contributed by atoms with Gasteiger partial charge in [-0.05, 0) is 36.4 Å². The lowest BCUT2D eigenvalue weighted by molar-refractivity contribution is -0.164. The van der Waals surface area contributed by atoms with Crippen LogP contribution in [0, 0.1) is 0 Å². The average molecular weight is 465 g/mol. The number of nitrogens with zero attached hydrogens (tertiary/aromatic N) is 2. The third kappa shape index (κ3) is 4.04. The van der Waals surface area contributed by atoms with Crippen molar-refractivity contribution in [2.45, 2.75) is 31.6 Å². The van der Waals surface area contributed by atoms with Gasteiger partial charge in [0.2, 0.25) is 5.72 Å². The highest BCUT2D eigenvalue weighted by atomic mass is 79.9. The Kier molecular flexibility index (Phi) is 5.75. The van der Waals surface area contributed by atoms with Crippen molar-refractivity contribution in [1.29, 1.82) is 0 Å². The molecule has 1 aliphatic rings. The van der Waals surface area contributed by atoms with E-state index in [2.05, 4.69) is 21.0 Å². The molecule has 1 atom stereocenters. The van der Waals surface area contributed by atoms with Crippen LogP contribution in [0.25, 0.3) is 0 Å². The van der Waals surface area contributed by atoms with Crippen molar-refractivity contribution in [3.63, 3.8) is 0 Å². The van der Waals surface area contributed by atoms with Crippen LogP contribution in [0.15, 0.2) is 50.4 Å². The summed E-state index contributed by atoms with van der Waals surface area (Å²) < 4.78 is 63.6. The summed E-state index contributed by atoms with van der Waals surface area (Å²) in [5.41, 5.74) is -4.18. The highest BCUT2D eigenvalue weighted by Gasteiger charge is 2.53. The Morgan fingerprint density at radius 1 is 1.25 bits per heavy atom. The zero-order chi connectivity index (χ0) is 20.5. The molecule has 2 heterocycles. The van der Waals surface area contributed by atoms with Crippen molar-refractivity contribution in [2.75, 3.05) is 0 Å². The van der Waals surface area contributed by atoms with Crippen LogP contribution in [0.1, 0.15) is 22.7 Å². The molecule has 3 rings (SSSR count). The van der Waals surface area contributed by atoms with Crippen LogP contribution in [0.4, 0.5) is 17.6 Å². The molecular formula is C17H13BrF4N2O4. The van der Waals surface area contributed by atoms with E-state index < -0.39 is 42.4 Å². The molecule has 11 heteroatoms. The summed E-state index contributed by atoms with van der Waals surface area (Å²) in [7, 11) is 0. The van der Waals surface area contributed by atoms with Gasteiger partial charge in [-0.1, -0.05) is 15.9 Å². The zero-order valence-corrected chi connectivity index (χ0v) is 15.6. The van der Waals surface area contributed by atoms with Gasteiger partial charge in [0.05, 0.1) is 0 Å². The van der Waals surface area contributed by atoms with Gasteiger partial charge in [-0.3, -0.25) is 4.79 Å². The molecule has 6 nitrogen and oxygen atoms in total. The van der Waals surface area contributed by atoms with E-state index in [4.69, 9.17) is 9.15 Å². The van der Waals surface area contributed by atoms with Crippen LogP contribution >= 0.6 is 15.9 Å². The Morgan fingerprint density at radius 2 is 1.93 bits per heavy atom. The van der Waals surface area contributed by atoms with Gasteiger partial charge in [0, 0.05) is 10.9 Å². The monoisotopic (exact) mass is 464 g/mol. The Hall–Kier alpha value is -2.40. The summed E-state index contributed by atoms with van der Waals surface area (Å²) in [5, 5.41) is 13.1. The first-order valence-corrected chi connectivity index (χ1v) is 8.67. The van der Waals surface area contributed by atoms with Crippen molar-refractivity contribution in [1.82, 2.24) is 5.01 Å². The second-order valence-corrected chi connectivity index (χ2v) is 6.79. The molecule has 28 heavy (non-hydrogen) atoms. The lowest BCUT2D eigenvalue weighted by Gasteiger charge is -2.29. The topological polar surface area (TPSA) is 75.3 Å². The van der Waals surface area contributed by atoms with Gasteiger partial charge in [0.15, 0.2) is 5.76 Å². The van der Waals surface area contributed by atoms with Gasteiger partial charge in [-0.2, -0.15) is 10.1 Å². The van der Waals surface area contributed by atoms with E-state index in [0.29, 0.717) is 5.75 Å². The largest absolute Gasteiger partial charge is 0.486 e. The van der Waals surface area contributed by atoms with E-state index in [1.165, 1.54) is 6.07 Å². The third-order valence-corrected chi connectivity index (χ3v) is 4.43. The molecule has 1 N–H and O–H groups in total. The number of amides is 1. The summed E-state index contributed by atoms with van der Waals surface area (Å²) in [5.74, 6) is -1.02. The minimum absolute atomic E-state index is 0.0582. The number of hydrogen-bond acceptors (Lipinski definition) is 5. The number of halogens is 5. The fraction of sp³-hybridized carbons (Fsp3) is 0.294. The fourth-order valence-electron chi connectivity index (χ4n) is 2.46. The molecule has 0 aliphatic carbocycles. The molecule has 150 valence electrons. The first-order valence-electron chi connectivity index (χ1n) is 7.88. The lowest BCUT2D eigenvalue weighted by Crippen LogP contribution is -2.51. The maximum atomic E-state index is 13.2. The van der Waals surface area contributed by atoms with E-state index in [-0.39, 0.29) is 17.4 Å². The summed E-state index contributed by atoms with van der Waals surface area (Å²) in [6, 6.07) is 9.40. The fourth-order valence-corrected chi connectivity index (χ4v) is 2.73. The van der Waals surface area contributed by atoms with Gasteiger partial charge >= 0.3 is 5.91 Å². The Balaban J connectivity index is 1.74. The Labute approximate surface area is 164 Å². The lowest BCUT2D eigenvalue weighted by atomic mass is 10.1. The minimum Gasteiger partial charge on any atom is -0.486 e. The molecule has 0 fully saturated rings. The Bertz CT molecular complexity index is 888. The number of aliphatic hydroxyl groups is 1. The summed E-state index contributed by atoms with van der Waals surface area (Å²) in [6.07, 6.45) is -7.85. The summed E-state index contributed by atoms with van der Waals surface area (Å²) in [6.45, 7) is -0.0699. The minimum atomic E-state index is -3.51. The summed E-state index contributed by atoms with van der Waals surface area (Å²) >= 11 is 3.28. The van der Waals surface area contributed by atoms with Crippen LogP contribution in [-0.4, -0.2) is 40.3 Å². The van der Waals surface area contributed by atoms with Gasteiger partial charge < -0.3 is 14.3 Å². The number of furan rings is 1. The van der Waals surface area contributed by atoms with Crippen LogP contribution in [0.5, 0.6) is 5.75 Å². The van der Waals surface area contributed by atoms with Gasteiger partial charge in [0.25, 0.3) is 12.9 Å². The molecule has 1 amide bonds. The number of rotatable bonds is 6. The molecule has 0 radical (unpaired) electrons. The molecule has 1 aromatic carbocycles. The maximum absolute atomic E-state index is 13.2. The molecule has 0 spiro atoms. The first kappa shape index (κ1) is 20.3. The van der Waals surface area contributed by atoms with E-state index in [1.807, 2.05) is 0 Å². The van der Waals surface area contributed by atoms with Crippen LogP contribution in [-0.2, 0) is 6.61 Å². The quantitative estimate of drug-likeness (QED) is 0.654. The number of benzene rings is 1. The number of carbonyl (C=O) groups excluding carboxylic acids is 1.